The molecule has 0 amide bonds. The van der Waals surface area contributed by atoms with E-state index in [0.29, 0.717) is 0 Å². The topological polar surface area (TPSA) is 25.8 Å². The van der Waals surface area contributed by atoms with E-state index in [0.717, 1.165) is 28.1 Å². The summed E-state index contributed by atoms with van der Waals surface area (Å²) in [5, 5.41) is 7.65. The number of hydrogen-bond donors (Lipinski definition) is 0. The second-order valence-corrected chi connectivity index (χ2v) is 25.0. The number of pyridine rings is 2. The van der Waals surface area contributed by atoms with E-state index in [9.17, 15) is 0 Å². The molecule has 8 aromatic rings. The summed E-state index contributed by atoms with van der Waals surface area (Å²) >= 11 is 0.0438. The van der Waals surface area contributed by atoms with Gasteiger partial charge in [0.2, 0.25) is 0 Å². The molecule has 0 unspecified atom stereocenters. The van der Waals surface area contributed by atoms with Crippen molar-refractivity contribution in [1.82, 2.24) is 9.97 Å². The standard InChI is InChI=1S/C28H20NS.C15H18GeN.Ir/c1-17(2)19-14-15-29-26(16-19)25-9-5-8-22-24-13-12-21-20-7-4-3-6-18(20)10-11-23(21)27(24)30-28(22)25;1-12-10-15(13-8-6-5-7-9-13)17-11-14(12)16(2,3)4;/h3-8,10-17H,1-2H3;5-8,10-11H,1-4H3;/q2*-1;/i17D;;. The molecule has 8 rings (SSSR count). The maximum absolute atomic E-state index is 8.40. The molecule has 0 fully saturated rings. The van der Waals surface area contributed by atoms with E-state index in [1.165, 1.54) is 51.7 Å². The fourth-order valence-corrected chi connectivity index (χ4v) is 11.3. The average molecular weight is 881 g/mol. The zero-order chi connectivity index (χ0) is 33.6. The van der Waals surface area contributed by atoms with Gasteiger partial charge in [-0.05, 0) is 49.3 Å². The molecule has 2 nitrogen and oxygen atoms in total. The molecule has 0 bridgehead atoms. The van der Waals surface area contributed by atoms with E-state index in [1.54, 1.807) is 0 Å². The Labute approximate surface area is 305 Å². The van der Waals surface area contributed by atoms with Crippen molar-refractivity contribution >= 4 is 70.7 Å². The fraction of sp³-hybridized carbons (Fsp3) is 0.163. The van der Waals surface area contributed by atoms with Crippen LogP contribution in [0, 0.1) is 19.1 Å². The summed E-state index contributed by atoms with van der Waals surface area (Å²) in [4.78, 5) is 9.23. The molecule has 5 aromatic carbocycles. The van der Waals surface area contributed by atoms with Gasteiger partial charge in [-0.25, -0.2) is 0 Å². The van der Waals surface area contributed by atoms with Crippen LogP contribution in [0.25, 0.3) is 64.2 Å². The molecule has 0 spiro atoms. The molecular weight excluding hydrogens is 841 g/mol. The van der Waals surface area contributed by atoms with Gasteiger partial charge in [-0.15, -0.1) is 23.8 Å². The van der Waals surface area contributed by atoms with E-state index < -0.39 is 19.2 Å². The molecule has 241 valence electrons. The van der Waals surface area contributed by atoms with Crippen LogP contribution >= 0.6 is 11.3 Å². The summed E-state index contributed by atoms with van der Waals surface area (Å²) in [6.45, 7) is 6.01. The number of aryl methyl sites for hydroxylation is 1. The Morgan fingerprint density at radius 3 is 2.19 bits per heavy atom. The van der Waals surface area contributed by atoms with Crippen LogP contribution in [0.1, 0.15) is 32.2 Å². The van der Waals surface area contributed by atoms with Crippen LogP contribution < -0.4 is 4.40 Å². The normalized spacial score (nSPS) is 12.1. The quantitative estimate of drug-likeness (QED) is 0.1000. The van der Waals surface area contributed by atoms with Gasteiger partial charge in [0.15, 0.2) is 0 Å². The predicted octanol–water partition coefficient (Wildman–Crippen LogP) is 11.7. The summed E-state index contributed by atoms with van der Waals surface area (Å²) in [5.41, 5.74) is 6.33. The molecule has 0 saturated carbocycles. The van der Waals surface area contributed by atoms with Crippen molar-refractivity contribution in [3.05, 3.63) is 139 Å². The first-order valence-corrected chi connectivity index (χ1v) is 24.2. The Morgan fingerprint density at radius 1 is 0.708 bits per heavy atom. The molecule has 0 aliphatic heterocycles. The van der Waals surface area contributed by atoms with Gasteiger partial charge in [-0.1, -0.05) is 79.4 Å². The van der Waals surface area contributed by atoms with Crippen molar-refractivity contribution in [3.8, 4) is 22.5 Å². The molecule has 0 saturated heterocycles. The Morgan fingerprint density at radius 2 is 1.44 bits per heavy atom. The molecule has 0 atom stereocenters. The van der Waals surface area contributed by atoms with Gasteiger partial charge < -0.3 is 4.98 Å². The van der Waals surface area contributed by atoms with Crippen molar-refractivity contribution in [2.24, 2.45) is 0 Å². The number of aromatic nitrogens is 2. The number of hydrogen-bond acceptors (Lipinski definition) is 3. The van der Waals surface area contributed by atoms with Crippen LogP contribution in [0.15, 0.2) is 116 Å². The van der Waals surface area contributed by atoms with Crippen LogP contribution in [0.4, 0.5) is 0 Å². The maximum atomic E-state index is 8.40. The number of thiophene rings is 1. The third-order valence-corrected chi connectivity index (χ3v) is 14.6. The van der Waals surface area contributed by atoms with Crippen molar-refractivity contribution in [2.45, 2.75) is 43.9 Å². The van der Waals surface area contributed by atoms with Crippen LogP contribution in [0.2, 0.25) is 17.3 Å². The molecular formula is C43H38GeIrN2S-2. The van der Waals surface area contributed by atoms with E-state index in [1.807, 2.05) is 67.8 Å². The maximum Gasteiger partial charge on any atom is 0.0346 e. The van der Waals surface area contributed by atoms with Gasteiger partial charge in [-0.2, -0.15) is 11.3 Å². The van der Waals surface area contributed by atoms with E-state index >= 15 is 0 Å². The first-order valence-electron chi connectivity index (χ1n) is 16.6. The number of nitrogens with zero attached hydrogens (tertiary/aromatic N) is 2. The molecule has 5 heteroatoms. The van der Waals surface area contributed by atoms with E-state index in [-0.39, 0.29) is 20.1 Å². The molecule has 0 aliphatic carbocycles. The van der Waals surface area contributed by atoms with Crippen molar-refractivity contribution in [1.29, 1.82) is 0 Å². The van der Waals surface area contributed by atoms with Gasteiger partial charge in [0.1, 0.15) is 0 Å². The number of fused-ring (bicyclic) bond motifs is 7. The van der Waals surface area contributed by atoms with E-state index in [2.05, 4.69) is 119 Å². The number of rotatable bonds is 4. The van der Waals surface area contributed by atoms with Crippen LogP contribution in [-0.4, -0.2) is 23.2 Å². The second-order valence-electron chi connectivity index (χ2n) is 13.4. The smallest absolute Gasteiger partial charge is 0.0346 e. The zero-order valence-corrected chi connectivity index (χ0v) is 33.4. The Hall–Kier alpha value is -3.67. The first-order chi connectivity index (χ1) is 23.0. The number of benzene rings is 5. The van der Waals surface area contributed by atoms with E-state index in [4.69, 9.17) is 1.37 Å². The van der Waals surface area contributed by atoms with Crippen molar-refractivity contribution in [2.75, 3.05) is 0 Å². The largest absolute Gasteiger partial charge is 0.305 e. The van der Waals surface area contributed by atoms with Crippen LogP contribution in [0.5, 0.6) is 0 Å². The first kappa shape index (κ1) is 32.9. The Bertz CT molecular complexity index is 2440. The summed E-state index contributed by atoms with van der Waals surface area (Å²) in [6, 6.07) is 42.5. The van der Waals surface area contributed by atoms with Crippen LogP contribution in [0.3, 0.4) is 0 Å². The predicted molar refractivity (Wildman–Crippen MR) is 207 cm³/mol. The summed E-state index contributed by atoms with van der Waals surface area (Å²) < 4.78 is 12.4. The van der Waals surface area contributed by atoms with Crippen LogP contribution in [-0.2, 0) is 20.1 Å². The second kappa shape index (κ2) is 14.1. The Kier molecular flexibility index (Phi) is 9.62. The van der Waals surface area contributed by atoms with Gasteiger partial charge in [0.05, 0.1) is 0 Å². The zero-order valence-electron chi connectivity index (χ0n) is 29.1. The molecule has 0 N–H and O–H groups in total. The van der Waals surface area contributed by atoms with Gasteiger partial charge in [0, 0.05) is 32.4 Å². The SMILES string of the molecule is Cc1cc(-c2[c-]cccc2)nc[c]1[Ge]([CH3])([CH3])[CH3].[2H]C(C)(C)c1ccnc(-c2[c-]ccc3c2sc2c3ccc3c4ccccc4ccc32)c1.[Ir]. The third kappa shape index (κ3) is 6.64. The van der Waals surface area contributed by atoms with Crippen molar-refractivity contribution < 1.29 is 21.5 Å². The monoisotopic (exact) mass is 882 g/mol. The molecule has 3 heterocycles. The molecule has 3 aromatic heterocycles. The molecule has 1 radical (unpaired) electrons. The fourth-order valence-electron chi connectivity index (χ4n) is 6.40. The summed E-state index contributed by atoms with van der Waals surface area (Å²) in [5.74, 6) is 6.54. The minimum atomic E-state index is -1.77. The average Bonchev–Trinajstić information content (AvgIpc) is 3.47. The van der Waals surface area contributed by atoms with Gasteiger partial charge >= 0.3 is 106 Å². The van der Waals surface area contributed by atoms with Crippen molar-refractivity contribution in [3.63, 3.8) is 0 Å². The minimum absolute atomic E-state index is 0. The third-order valence-electron chi connectivity index (χ3n) is 8.82. The molecule has 48 heavy (non-hydrogen) atoms. The molecule has 0 aliphatic rings. The van der Waals surface area contributed by atoms with Gasteiger partial charge in [-0.3, -0.25) is 0 Å². The summed E-state index contributed by atoms with van der Waals surface area (Å²) in [6.07, 6.45) is 3.88. The summed E-state index contributed by atoms with van der Waals surface area (Å²) in [7, 11) is 0. The minimum Gasteiger partial charge on any atom is -0.305 e. The van der Waals surface area contributed by atoms with Gasteiger partial charge in [0.25, 0.3) is 0 Å². The Balaban J connectivity index is 0.000000198.